The van der Waals surface area contributed by atoms with Crippen LogP contribution in [0.3, 0.4) is 0 Å². The molecule has 2 heteroatoms. The second-order valence-corrected chi connectivity index (χ2v) is 36.0. The van der Waals surface area contributed by atoms with Crippen LogP contribution in [0.15, 0.2) is 24.3 Å². The molecule has 0 saturated heterocycles. The molecular formula is C82H142O2. The highest BCUT2D eigenvalue weighted by Crippen LogP contribution is 2.53. The number of methoxy groups -OCH3 is 1. The molecule has 0 N–H and O–H groups in total. The van der Waals surface area contributed by atoms with E-state index in [4.69, 9.17) is 4.74 Å². The van der Waals surface area contributed by atoms with Crippen molar-refractivity contribution >= 4 is 5.97 Å². The Morgan fingerprint density at radius 2 is 0.619 bits per heavy atom. The maximum atomic E-state index is 11.7. The van der Waals surface area contributed by atoms with Crippen molar-refractivity contribution in [3.63, 3.8) is 0 Å². The summed E-state index contributed by atoms with van der Waals surface area (Å²) in [5, 5.41) is 0. The number of hydrogen-bond acceptors (Lipinski definition) is 2. The van der Waals surface area contributed by atoms with Gasteiger partial charge in [0.25, 0.3) is 0 Å². The monoisotopic (exact) mass is 1160 g/mol. The molecule has 0 heterocycles. The summed E-state index contributed by atoms with van der Waals surface area (Å²) < 4.78 is 4.93. The Hall–Kier alpha value is -1.31. The molecule has 0 aromatic heterocycles. The molecule has 11 rings (SSSR count). The van der Waals surface area contributed by atoms with Crippen LogP contribution < -0.4 is 0 Å². The largest absolute Gasteiger partial charge is 0.469 e. The van der Waals surface area contributed by atoms with Gasteiger partial charge in [-0.05, 0) is 322 Å². The molecule has 0 aliphatic heterocycles. The van der Waals surface area contributed by atoms with E-state index in [2.05, 4.69) is 100 Å². The quantitative estimate of drug-likeness (QED) is 0.206. The van der Waals surface area contributed by atoms with Crippen molar-refractivity contribution in [1.29, 1.82) is 0 Å². The van der Waals surface area contributed by atoms with E-state index in [1.54, 1.807) is 32.1 Å². The smallest absolute Gasteiger partial charge is 0.308 e. The van der Waals surface area contributed by atoms with Crippen molar-refractivity contribution in [2.24, 2.45) is 116 Å². The molecule has 0 bridgehead atoms. The highest BCUT2D eigenvalue weighted by molar-refractivity contribution is 5.72. The molecule has 1 aromatic carbocycles. The second-order valence-electron chi connectivity index (χ2n) is 36.0. The topological polar surface area (TPSA) is 26.3 Å². The van der Waals surface area contributed by atoms with Crippen LogP contribution >= 0.6 is 0 Å². The van der Waals surface area contributed by atoms with Gasteiger partial charge in [0.2, 0.25) is 0 Å². The van der Waals surface area contributed by atoms with Gasteiger partial charge in [-0.3, -0.25) is 4.79 Å². The minimum atomic E-state index is 0.0203. The van der Waals surface area contributed by atoms with E-state index in [9.17, 15) is 4.79 Å². The van der Waals surface area contributed by atoms with E-state index < -0.39 is 0 Å². The van der Waals surface area contributed by atoms with Crippen LogP contribution in [-0.2, 0) is 16.0 Å². The Labute approximate surface area is 523 Å². The molecule has 10 aliphatic rings. The van der Waals surface area contributed by atoms with Crippen LogP contribution in [0.1, 0.15) is 350 Å². The lowest BCUT2D eigenvalue weighted by Gasteiger charge is -2.44. The summed E-state index contributed by atoms with van der Waals surface area (Å²) in [6, 6.07) is 9.23. The molecule has 10 fully saturated rings. The molecule has 2 nitrogen and oxygen atoms in total. The molecule has 0 radical (unpaired) electrons. The van der Waals surface area contributed by atoms with Gasteiger partial charge in [0.1, 0.15) is 0 Å². The predicted octanol–water partition coefficient (Wildman–Crippen LogP) is 25.2. The van der Waals surface area contributed by atoms with E-state index in [1.165, 1.54) is 249 Å². The van der Waals surface area contributed by atoms with Crippen molar-refractivity contribution < 1.29 is 9.53 Å². The van der Waals surface area contributed by atoms with Crippen molar-refractivity contribution in [3.05, 3.63) is 35.4 Å². The van der Waals surface area contributed by atoms with E-state index >= 15 is 0 Å². The lowest BCUT2D eigenvalue weighted by Crippen LogP contribution is -2.32. The van der Waals surface area contributed by atoms with Crippen LogP contribution in [0.2, 0.25) is 0 Å². The number of rotatable bonds is 11. The van der Waals surface area contributed by atoms with Crippen molar-refractivity contribution in [1.82, 2.24) is 0 Å². The molecule has 0 unspecified atom stereocenters. The van der Waals surface area contributed by atoms with Crippen LogP contribution in [0.25, 0.3) is 0 Å². The van der Waals surface area contributed by atoms with Crippen LogP contribution in [0.5, 0.6) is 0 Å². The molecular weight excluding hydrogens is 1020 g/mol. The Morgan fingerprint density at radius 1 is 0.357 bits per heavy atom. The average molecular weight is 1160 g/mol. The van der Waals surface area contributed by atoms with Crippen LogP contribution in [-0.4, -0.2) is 13.1 Å². The zero-order valence-corrected chi connectivity index (χ0v) is 58.3. The molecule has 10 aliphatic carbocycles. The van der Waals surface area contributed by atoms with Crippen LogP contribution in [0.4, 0.5) is 0 Å². The highest BCUT2D eigenvalue weighted by Gasteiger charge is 2.41. The Kier molecular flexibility index (Phi) is 26.6. The molecule has 482 valence electrons. The zero-order valence-electron chi connectivity index (χ0n) is 58.3. The summed E-state index contributed by atoms with van der Waals surface area (Å²) in [6.45, 7) is 27.0. The van der Waals surface area contributed by atoms with E-state index in [-0.39, 0.29) is 11.9 Å². The second kappa shape index (κ2) is 32.6. The van der Waals surface area contributed by atoms with Crippen molar-refractivity contribution in [2.75, 3.05) is 7.11 Å². The van der Waals surface area contributed by atoms with E-state index in [1.807, 2.05) is 0 Å². The molecule has 0 amide bonds. The molecule has 0 spiro atoms. The zero-order chi connectivity index (χ0) is 59.9. The van der Waals surface area contributed by atoms with Gasteiger partial charge in [0, 0.05) is 0 Å². The van der Waals surface area contributed by atoms with Gasteiger partial charge in [0.05, 0.1) is 13.0 Å². The van der Waals surface area contributed by atoms with Gasteiger partial charge < -0.3 is 4.74 Å². The first-order valence-corrected chi connectivity index (χ1v) is 38.3. The SMILES string of the molecule is CC1CCC(C2CCC(C)(C)CC2)CC1.CC1CCC(CC2(C)CCC(C3CCC(C)CC3)CC2)CC1.COC(=O)C1CCC(CC2(C)CCC(C3CCC(C)CC3)CC2)CC1.Cc1ccc(CC2(C)CCC(C3CCC(C)CC3)CC2)cc1. The number of ether oxygens (including phenoxy) is 1. The normalized spacial score (nSPS) is 41.4. The number of carbonyl (C=O) groups is 1. The third-order valence-corrected chi connectivity index (χ3v) is 27.8. The first-order valence-electron chi connectivity index (χ1n) is 38.3. The first-order chi connectivity index (χ1) is 40.1. The fourth-order valence-electron chi connectivity index (χ4n) is 20.8. The van der Waals surface area contributed by atoms with Crippen LogP contribution in [0, 0.1) is 123 Å². The van der Waals surface area contributed by atoms with Gasteiger partial charge in [0.15, 0.2) is 0 Å². The number of carbonyl (C=O) groups excluding carboxylic acids is 1. The fraction of sp³-hybridized carbons (Fsp3) is 0.915. The summed E-state index contributed by atoms with van der Waals surface area (Å²) in [4.78, 5) is 11.7. The van der Waals surface area contributed by atoms with Gasteiger partial charge in [-0.2, -0.15) is 0 Å². The third kappa shape index (κ3) is 21.7. The standard InChI is InChI=1S/C23H40O2.C22H40.C22H34.C15H28/c1-17-4-8-19(9-5-17)20-12-14-23(2,15-13-20)16-18-6-10-21(11-7-18)22(24)25-3;2*1-17-4-8-19(9-5-17)16-22(3)14-12-21(13-15-22)20-10-6-18(2)7-11-20;1-12-4-6-13(7-5-12)14-8-10-15(2,3)11-9-14/h17-21H,4-16H2,1-3H3;17-21H,4-16H2,1-3H3;4-5,8-9,18,20-21H,6-7,10-16H2,1-3H3;12-14H,4-11H2,1-3H3. The Balaban J connectivity index is 0.000000148. The first kappa shape index (κ1) is 68.6. The van der Waals surface area contributed by atoms with Gasteiger partial charge >= 0.3 is 5.97 Å². The summed E-state index contributed by atoms with van der Waals surface area (Å²) in [6.07, 6.45) is 62.9. The molecule has 10 saturated carbocycles. The fourth-order valence-corrected chi connectivity index (χ4v) is 20.8. The number of hydrogen-bond donors (Lipinski definition) is 0. The minimum Gasteiger partial charge on any atom is -0.469 e. The summed E-state index contributed by atoms with van der Waals surface area (Å²) in [7, 11) is 1.53. The number of benzene rings is 1. The molecule has 0 atom stereocenters. The number of aryl methyl sites for hydroxylation is 1. The molecule has 1 aromatic rings. The van der Waals surface area contributed by atoms with Gasteiger partial charge in [-0.15, -0.1) is 0 Å². The number of esters is 1. The van der Waals surface area contributed by atoms with Gasteiger partial charge in [-0.1, -0.05) is 176 Å². The summed E-state index contributed by atoms with van der Waals surface area (Å²) in [5.74, 6) is 15.6. The maximum absolute atomic E-state index is 11.7. The summed E-state index contributed by atoms with van der Waals surface area (Å²) in [5.41, 5.74) is 5.39. The van der Waals surface area contributed by atoms with Gasteiger partial charge in [-0.25, -0.2) is 0 Å². The van der Waals surface area contributed by atoms with Crippen molar-refractivity contribution in [3.8, 4) is 0 Å². The maximum Gasteiger partial charge on any atom is 0.308 e. The summed E-state index contributed by atoms with van der Waals surface area (Å²) >= 11 is 0. The highest BCUT2D eigenvalue weighted by atomic mass is 16.5. The lowest BCUT2D eigenvalue weighted by atomic mass is 9.62. The lowest BCUT2D eigenvalue weighted by molar-refractivity contribution is -0.146. The molecule has 84 heavy (non-hydrogen) atoms. The third-order valence-electron chi connectivity index (χ3n) is 27.8. The minimum absolute atomic E-state index is 0.0203. The van der Waals surface area contributed by atoms with E-state index in [0.29, 0.717) is 21.7 Å². The Morgan fingerprint density at radius 3 is 0.929 bits per heavy atom. The Bertz CT molecular complexity index is 1940. The predicted molar refractivity (Wildman–Crippen MR) is 363 cm³/mol. The van der Waals surface area contributed by atoms with E-state index in [0.717, 1.165) is 102 Å². The average Bonchev–Trinajstić information content (AvgIpc) is 3.67. The van der Waals surface area contributed by atoms with Crippen molar-refractivity contribution in [2.45, 2.75) is 352 Å².